The van der Waals surface area contributed by atoms with E-state index < -0.39 is 0 Å². The van der Waals surface area contributed by atoms with Crippen LogP contribution in [0.4, 0.5) is 0 Å². The van der Waals surface area contributed by atoms with Gasteiger partial charge in [-0.25, -0.2) is 0 Å². The smallest absolute Gasteiger partial charge is 0.306 e. The third-order valence-electron chi connectivity index (χ3n) is 2.76. The van der Waals surface area contributed by atoms with Crippen molar-refractivity contribution in [2.24, 2.45) is 0 Å². The molecular weight excluding hydrogens is 210 g/mol. The molecule has 1 aliphatic rings. The lowest BCUT2D eigenvalue weighted by Gasteiger charge is -2.22. The highest BCUT2D eigenvalue weighted by Crippen LogP contribution is 2.18. The Balaban J connectivity index is 2.31. The Morgan fingerprint density at radius 1 is 1.44 bits per heavy atom. The van der Waals surface area contributed by atoms with E-state index >= 15 is 0 Å². The van der Waals surface area contributed by atoms with Crippen molar-refractivity contribution in [3.05, 3.63) is 0 Å². The topological polar surface area (TPSA) is 66.8 Å². The molecule has 0 radical (unpaired) electrons. The molecule has 1 saturated heterocycles. The molecule has 0 saturated carbocycles. The standard InChI is InChI=1S/C11H19NO4/c1-2-16-11(15)6-5-10(14)12-7-3-4-9(12)8-13/h9,13H,2-8H2,1H3. The lowest BCUT2D eigenvalue weighted by molar-refractivity contribution is -0.146. The molecule has 1 N–H and O–H groups in total. The van der Waals surface area contributed by atoms with Gasteiger partial charge in [0, 0.05) is 13.0 Å². The third kappa shape index (κ3) is 3.48. The first kappa shape index (κ1) is 13.0. The molecule has 0 bridgehead atoms. The first-order valence-electron chi connectivity index (χ1n) is 5.75. The van der Waals surface area contributed by atoms with Gasteiger partial charge >= 0.3 is 5.97 Å². The lowest BCUT2D eigenvalue weighted by atomic mass is 10.2. The number of hydrogen-bond acceptors (Lipinski definition) is 4. The second kappa shape index (κ2) is 6.48. The summed E-state index contributed by atoms with van der Waals surface area (Å²) in [4.78, 5) is 24.5. The summed E-state index contributed by atoms with van der Waals surface area (Å²) >= 11 is 0. The molecule has 0 aliphatic carbocycles. The van der Waals surface area contributed by atoms with E-state index in [0.717, 1.165) is 12.8 Å². The second-order valence-electron chi connectivity index (χ2n) is 3.87. The van der Waals surface area contributed by atoms with Crippen LogP contribution in [-0.4, -0.2) is 47.7 Å². The summed E-state index contributed by atoms with van der Waals surface area (Å²) in [6, 6.07) is -0.0605. The summed E-state index contributed by atoms with van der Waals surface area (Å²) < 4.78 is 4.75. The molecule has 1 amide bonds. The van der Waals surface area contributed by atoms with Crippen molar-refractivity contribution in [3.63, 3.8) is 0 Å². The molecule has 1 fully saturated rings. The molecule has 1 rings (SSSR count). The molecule has 1 atom stereocenters. The molecule has 0 aromatic carbocycles. The molecule has 5 nitrogen and oxygen atoms in total. The van der Waals surface area contributed by atoms with Gasteiger partial charge in [-0.3, -0.25) is 9.59 Å². The Hall–Kier alpha value is -1.10. The van der Waals surface area contributed by atoms with E-state index in [1.807, 2.05) is 0 Å². The maximum absolute atomic E-state index is 11.7. The minimum Gasteiger partial charge on any atom is -0.466 e. The Morgan fingerprint density at radius 2 is 2.19 bits per heavy atom. The van der Waals surface area contributed by atoms with Crippen molar-refractivity contribution in [3.8, 4) is 0 Å². The Bertz CT molecular complexity index is 254. The number of carbonyl (C=O) groups is 2. The number of ether oxygens (including phenoxy) is 1. The van der Waals surface area contributed by atoms with E-state index in [1.165, 1.54) is 0 Å². The van der Waals surface area contributed by atoms with E-state index in [2.05, 4.69) is 0 Å². The molecule has 0 spiro atoms. The van der Waals surface area contributed by atoms with Crippen LogP contribution in [0.5, 0.6) is 0 Å². The number of esters is 1. The maximum Gasteiger partial charge on any atom is 0.306 e. The van der Waals surface area contributed by atoms with Gasteiger partial charge < -0.3 is 14.7 Å². The number of hydrogen-bond donors (Lipinski definition) is 1. The van der Waals surface area contributed by atoms with E-state index in [9.17, 15) is 9.59 Å². The van der Waals surface area contributed by atoms with Crippen LogP contribution < -0.4 is 0 Å². The van der Waals surface area contributed by atoms with E-state index in [4.69, 9.17) is 9.84 Å². The Labute approximate surface area is 95.4 Å². The Morgan fingerprint density at radius 3 is 2.81 bits per heavy atom. The molecule has 5 heteroatoms. The molecule has 1 unspecified atom stereocenters. The van der Waals surface area contributed by atoms with Crippen LogP contribution in [0.1, 0.15) is 32.6 Å². The largest absolute Gasteiger partial charge is 0.466 e. The highest BCUT2D eigenvalue weighted by Gasteiger charge is 2.27. The van der Waals surface area contributed by atoms with Crippen LogP contribution in [0.25, 0.3) is 0 Å². The van der Waals surface area contributed by atoms with Gasteiger partial charge in [0.25, 0.3) is 0 Å². The second-order valence-corrected chi connectivity index (χ2v) is 3.87. The van der Waals surface area contributed by atoms with Gasteiger partial charge in [-0.05, 0) is 19.8 Å². The predicted octanol–water partition coefficient (Wildman–Crippen LogP) is 0.313. The zero-order valence-corrected chi connectivity index (χ0v) is 9.65. The average Bonchev–Trinajstić information content (AvgIpc) is 2.74. The van der Waals surface area contributed by atoms with Crippen molar-refractivity contribution in [2.75, 3.05) is 19.8 Å². The Kier molecular flexibility index (Phi) is 5.25. The minimum absolute atomic E-state index is 0.00511. The zero-order valence-electron chi connectivity index (χ0n) is 9.65. The highest BCUT2D eigenvalue weighted by molar-refractivity contribution is 5.81. The molecule has 0 aromatic rings. The normalized spacial score (nSPS) is 19.9. The van der Waals surface area contributed by atoms with Gasteiger partial charge in [-0.1, -0.05) is 0 Å². The number of likely N-dealkylation sites (tertiary alicyclic amines) is 1. The first-order valence-corrected chi connectivity index (χ1v) is 5.75. The van der Waals surface area contributed by atoms with Crippen LogP contribution in [0.3, 0.4) is 0 Å². The number of nitrogens with zero attached hydrogens (tertiary/aromatic N) is 1. The molecule has 16 heavy (non-hydrogen) atoms. The summed E-state index contributed by atoms with van der Waals surface area (Å²) in [5.74, 6) is -0.403. The van der Waals surface area contributed by atoms with Crippen LogP contribution in [0.15, 0.2) is 0 Å². The fourth-order valence-electron chi connectivity index (χ4n) is 1.94. The summed E-state index contributed by atoms with van der Waals surface area (Å²) in [5, 5.41) is 9.06. The fraction of sp³-hybridized carbons (Fsp3) is 0.818. The van der Waals surface area contributed by atoms with E-state index in [1.54, 1.807) is 11.8 Å². The van der Waals surface area contributed by atoms with Crippen LogP contribution >= 0.6 is 0 Å². The van der Waals surface area contributed by atoms with Crippen molar-refractivity contribution >= 4 is 11.9 Å². The van der Waals surface area contributed by atoms with Gasteiger partial charge in [-0.15, -0.1) is 0 Å². The van der Waals surface area contributed by atoms with E-state index in [0.29, 0.717) is 13.2 Å². The number of rotatable bonds is 5. The predicted molar refractivity (Wildman–Crippen MR) is 57.7 cm³/mol. The zero-order chi connectivity index (χ0) is 12.0. The van der Waals surface area contributed by atoms with Gasteiger partial charge in [-0.2, -0.15) is 0 Å². The van der Waals surface area contributed by atoms with Crippen molar-refractivity contribution in [1.29, 1.82) is 0 Å². The number of carbonyl (C=O) groups excluding carboxylic acids is 2. The number of amides is 1. The summed E-state index contributed by atoms with van der Waals surface area (Å²) in [6.07, 6.45) is 2.08. The van der Waals surface area contributed by atoms with Crippen molar-refractivity contribution < 1.29 is 19.4 Å². The first-order chi connectivity index (χ1) is 7.69. The number of aliphatic hydroxyl groups is 1. The van der Waals surface area contributed by atoms with Gasteiger partial charge in [0.1, 0.15) is 0 Å². The SMILES string of the molecule is CCOC(=O)CCC(=O)N1CCCC1CO. The van der Waals surface area contributed by atoms with Crippen molar-refractivity contribution in [1.82, 2.24) is 4.90 Å². The van der Waals surface area contributed by atoms with Gasteiger partial charge in [0.05, 0.1) is 25.7 Å². The summed E-state index contributed by atoms with van der Waals surface area (Å²) in [6.45, 7) is 2.77. The minimum atomic E-state index is -0.337. The van der Waals surface area contributed by atoms with E-state index in [-0.39, 0.29) is 37.4 Å². The molecule has 1 aliphatic heterocycles. The lowest BCUT2D eigenvalue weighted by Crippen LogP contribution is -2.37. The average molecular weight is 229 g/mol. The molecular formula is C11H19NO4. The highest BCUT2D eigenvalue weighted by atomic mass is 16.5. The van der Waals surface area contributed by atoms with Crippen LogP contribution in [0.2, 0.25) is 0 Å². The molecule has 0 aromatic heterocycles. The van der Waals surface area contributed by atoms with Gasteiger partial charge in [0.2, 0.25) is 5.91 Å². The maximum atomic E-state index is 11.7. The molecule has 92 valence electrons. The quantitative estimate of drug-likeness (QED) is 0.689. The summed E-state index contributed by atoms with van der Waals surface area (Å²) in [5.41, 5.74) is 0. The monoisotopic (exact) mass is 229 g/mol. The number of aliphatic hydroxyl groups excluding tert-OH is 1. The molecule has 1 heterocycles. The van der Waals surface area contributed by atoms with Crippen LogP contribution in [0, 0.1) is 0 Å². The third-order valence-corrected chi connectivity index (χ3v) is 2.76. The van der Waals surface area contributed by atoms with Crippen molar-refractivity contribution in [2.45, 2.75) is 38.6 Å². The fourth-order valence-corrected chi connectivity index (χ4v) is 1.94. The van der Waals surface area contributed by atoms with Gasteiger partial charge in [0.15, 0.2) is 0 Å². The van der Waals surface area contributed by atoms with Crippen LogP contribution in [-0.2, 0) is 14.3 Å². The summed E-state index contributed by atoms with van der Waals surface area (Å²) in [7, 11) is 0.